The highest BCUT2D eigenvalue weighted by atomic mass is 35.5. The second-order valence-corrected chi connectivity index (χ2v) is 8.05. The number of hydrogen-bond acceptors (Lipinski definition) is 6. The number of aromatic nitrogens is 1. The lowest BCUT2D eigenvalue weighted by molar-refractivity contribution is 0.158. The molecule has 1 aromatic heterocycles. The Balaban J connectivity index is 2.20. The largest absolute Gasteiger partial charge is 0.438 e. The van der Waals surface area contributed by atoms with E-state index < -0.39 is 22.1 Å². The van der Waals surface area contributed by atoms with E-state index in [0.29, 0.717) is 10.6 Å². The summed E-state index contributed by atoms with van der Waals surface area (Å²) in [6, 6.07) is 11.2. The number of amides is 2. The van der Waals surface area contributed by atoms with Crippen molar-refractivity contribution in [2.45, 2.75) is 17.9 Å². The van der Waals surface area contributed by atoms with Crippen molar-refractivity contribution in [1.29, 1.82) is 0 Å². The predicted octanol–water partition coefficient (Wildman–Crippen LogP) is 3.06. The zero-order valence-electron chi connectivity index (χ0n) is 15.1. The third-order valence-corrected chi connectivity index (χ3v) is 5.24. The number of carbonyl (C=O) groups is 1. The molecule has 11 heteroatoms. The average Bonchev–Trinajstić information content (AvgIpc) is 3.13. The minimum Gasteiger partial charge on any atom is -0.438 e. The molecule has 3 aromatic rings. The van der Waals surface area contributed by atoms with Crippen LogP contribution in [0.15, 0.2) is 57.8 Å². The van der Waals surface area contributed by atoms with Gasteiger partial charge in [0.25, 0.3) is 0 Å². The third kappa shape index (κ3) is 4.57. The van der Waals surface area contributed by atoms with Crippen molar-refractivity contribution in [3.05, 3.63) is 59.4 Å². The number of hydroxylamine groups is 1. The monoisotopic (exact) mass is 436 g/mol. The van der Waals surface area contributed by atoms with E-state index >= 15 is 0 Å². The lowest BCUT2D eigenvalue weighted by atomic mass is 10.1. The number of rotatable bonds is 5. The lowest BCUT2D eigenvalue weighted by Gasteiger charge is -2.08. The Morgan fingerprint density at radius 1 is 1.21 bits per heavy atom. The van der Waals surface area contributed by atoms with E-state index in [1.54, 1.807) is 49.4 Å². The Kier molecular flexibility index (Phi) is 5.89. The molecule has 1 unspecified atom stereocenters. The second kappa shape index (κ2) is 8.21. The summed E-state index contributed by atoms with van der Waals surface area (Å²) in [6.45, 7) is 1.59. The number of nitrogens with zero attached hydrogens (tertiary/aromatic N) is 1. The van der Waals surface area contributed by atoms with Gasteiger partial charge in [-0.2, -0.15) is 0 Å². The van der Waals surface area contributed by atoms with Gasteiger partial charge in [0.15, 0.2) is 5.76 Å². The minimum atomic E-state index is -4.04. The summed E-state index contributed by atoms with van der Waals surface area (Å²) in [6.07, 6.45) is 0. The number of urea groups is 1. The molecule has 0 fully saturated rings. The molecule has 0 aliphatic heterocycles. The van der Waals surface area contributed by atoms with E-state index in [1.165, 1.54) is 11.5 Å². The number of carbonyl (C=O) groups excluding carboxylic acids is 1. The summed E-state index contributed by atoms with van der Waals surface area (Å²) in [7, 11) is -4.04. The van der Waals surface area contributed by atoms with Crippen LogP contribution in [0.25, 0.3) is 22.6 Å². The average molecular weight is 437 g/mol. The molecule has 0 saturated carbocycles. The first-order chi connectivity index (χ1) is 13.7. The Morgan fingerprint density at radius 2 is 1.86 bits per heavy atom. The number of primary sulfonamides is 1. The van der Waals surface area contributed by atoms with Crippen LogP contribution in [0, 0.1) is 0 Å². The fourth-order valence-electron chi connectivity index (χ4n) is 2.70. The lowest BCUT2D eigenvalue weighted by Crippen LogP contribution is -2.35. The first-order valence-corrected chi connectivity index (χ1v) is 10.2. The standard InChI is InChI=1S/C18H17ClN4O5S/c1-10(21-18(24)23-25)17-22-15(13-4-2-3-5-14(13)29(20,26)27)16(28-17)11-6-8-12(19)9-7-11/h2-10,25H,1H3,(H2,20,26,27)(H2,21,23,24). The molecule has 0 spiro atoms. The van der Waals surface area contributed by atoms with Gasteiger partial charge in [0.1, 0.15) is 11.7 Å². The summed E-state index contributed by atoms with van der Waals surface area (Å²) in [4.78, 5) is 15.7. The van der Waals surface area contributed by atoms with Crippen LogP contribution >= 0.6 is 11.6 Å². The quantitative estimate of drug-likeness (QED) is 0.357. The van der Waals surface area contributed by atoms with Crippen LogP contribution in [-0.2, 0) is 10.0 Å². The predicted molar refractivity (Wildman–Crippen MR) is 106 cm³/mol. The van der Waals surface area contributed by atoms with Gasteiger partial charge in [0.2, 0.25) is 15.9 Å². The number of hydrogen-bond donors (Lipinski definition) is 4. The number of oxazole rings is 1. The van der Waals surface area contributed by atoms with Gasteiger partial charge in [-0.15, -0.1) is 0 Å². The Labute approximate surface area is 171 Å². The van der Waals surface area contributed by atoms with Crippen LogP contribution in [0.4, 0.5) is 4.79 Å². The van der Waals surface area contributed by atoms with Gasteiger partial charge in [-0.1, -0.05) is 29.8 Å². The molecular formula is C18H17ClN4O5S. The van der Waals surface area contributed by atoms with Gasteiger partial charge < -0.3 is 9.73 Å². The highest BCUT2D eigenvalue weighted by molar-refractivity contribution is 7.89. The Bertz CT molecular complexity index is 1150. The fraction of sp³-hybridized carbons (Fsp3) is 0.111. The van der Waals surface area contributed by atoms with Crippen molar-refractivity contribution >= 4 is 27.7 Å². The minimum absolute atomic E-state index is 0.0952. The van der Waals surface area contributed by atoms with E-state index in [2.05, 4.69) is 10.3 Å². The maximum atomic E-state index is 12.1. The van der Waals surface area contributed by atoms with Crippen LogP contribution in [0.2, 0.25) is 5.02 Å². The van der Waals surface area contributed by atoms with E-state index in [4.69, 9.17) is 26.4 Å². The number of halogens is 1. The number of benzene rings is 2. The number of sulfonamides is 1. The molecule has 0 aliphatic rings. The topological polar surface area (TPSA) is 148 Å². The van der Waals surface area contributed by atoms with Crippen LogP contribution in [0.3, 0.4) is 0 Å². The van der Waals surface area contributed by atoms with Crippen LogP contribution in [0.5, 0.6) is 0 Å². The molecule has 0 saturated heterocycles. The molecule has 3 rings (SSSR count). The van der Waals surface area contributed by atoms with E-state index in [1.807, 2.05) is 0 Å². The van der Waals surface area contributed by atoms with Crippen molar-refractivity contribution in [1.82, 2.24) is 15.8 Å². The second-order valence-electron chi connectivity index (χ2n) is 6.08. The van der Waals surface area contributed by atoms with Crippen molar-refractivity contribution in [2.24, 2.45) is 5.14 Å². The summed E-state index contributed by atoms with van der Waals surface area (Å²) < 4.78 is 30.0. The smallest absolute Gasteiger partial charge is 0.339 e. The van der Waals surface area contributed by atoms with Crippen molar-refractivity contribution < 1.29 is 22.8 Å². The van der Waals surface area contributed by atoms with Gasteiger partial charge in [-0.25, -0.2) is 28.8 Å². The van der Waals surface area contributed by atoms with Gasteiger partial charge in [-0.3, -0.25) is 5.21 Å². The zero-order valence-corrected chi connectivity index (χ0v) is 16.7. The molecule has 2 aromatic carbocycles. The van der Waals surface area contributed by atoms with Gasteiger partial charge in [0, 0.05) is 16.1 Å². The molecule has 1 heterocycles. The fourth-order valence-corrected chi connectivity index (χ4v) is 3.57. The molecule has 9 nitrogen and oxygen atoms in total. The van der Waals surface area contributed by atoms with E-state index in [9.17, 15) is 13.2 Å². The van der Waals surface area contributed by atoms with E-state index in [-0.39, 0.29) is 27.8 Å². The molecular weight excluding hydrogens is 420 g/mol. The van der Waals surface area contributed by atoms with Crippen molar-refractivity contribution in [3.63, 3.8) is 0 Å². The molecule has 2 amide bonds. The van der Waals surface area contributed by atoms with Crippen molar-refractivity contribution in [2.75, 3.05) is 0 Å². The highest BCUT2D eigenvalue weighted by Crippen LogP contribution is 2.37. The molecule has 0 radical (unpaired) electrons. The number of nitrogens with one attached hydrogen (secondary N) is 2. The summed E-state index contributed by atoms with van der Waals surface area (Å²) in [5.74, 6) is 0.364. The van der Waals surface area contributed by atoms with Gasteiger partial charge in [0.05, 0.1) is 4.90 Å². The first kappa shape index (κ1) is 20.8. The molecule has 1 atom stereocenters. The van der Waals surface area contributed by atoms with E-state index in [0.717, 1.165) is 0 Å². The number of nitrogens with two attached hydrogens (primary N) is 1. The summed E-state index contributed by atoms with van der Waals surface area (Å²) >= 11 is 5.95. The molecule has 0 bridgehead atoms. The van der Waals surface area contributed by atoms with Crippen LogP contribution in [-0.4, -0.2) is 24.6 Å². The van der Waals surface area contributed by atoms with Crippen LogP contribution in [0.1, 0.15) is 18.9 Å². The summed E-state index contributed by atoms with van der Waals surface area (Å²) in [5, 5.41) is 17.0. The maximum Gasteiger partial charge on any atom is 0.339 e. The van der Waals surface area contributed by atoms with Crippen molar-refractivity contribution in [3.8, 4) is 22.6 Å². The highest BCUT2D eigenvalue weighted by Gasteiger charge is 2.25. The SMILES string of the molecule is CC(NC(=O)NO)c1nc(-c2ccccc2S(N)(=O)=O)c(-c2ccc(Cl)cc2)o1. The molecule has 0 aliphatic carbocycles. The maximum absolute atomic E-state index is 12.1. The molecule has 152 valence electrons. The van der Waals surface area contributed by atoms with Gasteiger partial charge in [-0.05, 0) is 37.3 Å². The molecule has 5 N–H and O–H groups in total. The molecule has 29 heavy (non-hydrogen) atoms. The zero-order chi connectivity index (χ0) is 21.2. The third-order valence-electron chi connectivity index (χ3n) is 4.02. The normalized spacial score (nSPS) is 12.4. The Morgan fingerprint density at radius 3 is 2.48 bits per heavy atom. The van der Waals surface area contributed by atoms with Gasteiger partial charge >= 0.3 is 6.03 Å². The first-order valence-electron chi connectivity index (χ1n) is 8.30. The Hall–Kier alpha value is -2.92. The summed E-state index contributed by atoms with van der Waals surface area (Å²) in [5.41, 5.74) is 2.52. The van der Waals surface area contributed by atoms with Crippen LogP contribution < -0.4 is 15.9 Å².